The van der Waals surface area contributed by atoms with Crippen LogP contribution in [-0.2, 0) is 11.6 Å². The van der Waals surface area contributed by atoms with E-state index in [4.69, 9.17) is 0 Å². The molecule has 2 nitrogen and oxygen atoms in total. The molecule has 0 spiro atoms. The van der Waals surface area contributed by atoms with Crippen LogP contribution in [0.25, 0.3) is 10.9 Å². The average Bonchev–Trinajstić information content (AvgIpc) is 2.71. The number of aliphatic hydroxyl groups excluding tert-OH is 1. The monoisotopic (exact) mass is 257 g/mol. The third-order valence-electron chi connectivity index (χ3n) is 3.10. The number of aliphatic hydroxyl groups is 1. The molecule has 0 aliphatic rings. The van der Waals surface area contributed by atoms with E-state index < -0.39 is 17.3 Å². The first-order valence-corrected chi connectivity index (χ1v) is 5.55. The quantitative estimate of drug-likeness (QED) is 0.849. The van der Waals surface area contributed by atoms with Crippen LogP contribution in [0.3, 0.4) is 0 Å². The molecule has 18 heavy (non-hydrogen) atoms. The Labute approximate surface area is 102 Å². The van der Waals surface area contributed by atoms with Crippen molar-refractivity contribution in [2.75, 3.05) is 6.61 Å². The molecular formula is C13H14F3NO. The fourth-order valence-corrected chi connectivity index (χ4v) is 1.80. The third-order valence-corrected chi connectivity index (χ3v) is 3.10. The van der Waals surface area contributed by atoms with E-state index in [1.807, 2.05) is 13.8 Å². The number of halogens is 3. The van der Waals surface area contributed by atoms with Crippen LogP contribution in [-0.4, -0.2) is 16.7 Å². The zero-order chi connectivity index (χ0) is 13.6. The largest absolute Gasteiger partial charge is 0.431 e. The van der Waals surface area contributed by atoms with Crippen molar-refractivity contribution in [2.24, 2.45) is 0 Å². The molecule has 0 bridgehead atoms. The molecule has 0 aliphatic heterocycles. The van der Waals surface area contributed by atoms with Gasteiger partial charge in [-0.3, -0.25) is 0 Å². The molecule has 2 N–H and O–H groups in total. The van der Waals surface area contributed by atoms with Gasteiger partial charge in [0.2, 0.25) is 0 Å². The van der Waals surface area contributed by atoms with Crippen molar-refractivity contribution in [3.05, 3.63) is 35.5 Å². The second kappa shape index (κ2) is 4.02. The zero-order valence-electron chi connectivity index (χ0n) is 10.1. The van der Waals surface area contributed by atoms with Gasteiger partial charge in [0.25, 0.3) is 0 Å². The Hall–Kier alpha value is -1.49. The Bertz CT molecular complexity index is 569. The van der Waals surface area contributed by atoms with E-state index in [0.29, 0.717) is 10.9 Å². The van der Waals surface area contributed by atoms with Crippen LogP contribution in [0.4, 0.5) is 13.2 Å². The second-order valence-corrected chi connectivity index (χ2v) is 5.02. The molecule has 0 saturated carbocycles. The number of alkyl halides is 3. The third kappa shape index (κ3) is 2.22. The van der Waals surface area contributed by atoms with E-state index >= 15 is 0 Å². The summed E-state index contributed by atoms with van der Waals surface area (Å²) in [6.45, 7) is 3.62. The second-order valence-electron chi connectivity index (χ2n) is 5.02. The lowest BCUT2D eigenvalue weighted by molar-refractivity contribution is -0.140. The molecule has 2 rings (SSSR count). The van der Waals surface area contributed by atoms with Crippen LogP contribution in [0.2, 0.25) is 0 Å². The van der Waals surface area contributed by atoms with Gasteiger partial charge in [-0.2, -0.15) is 13.2 Å². The molecule has 5 heteroatoms. The number of fused-ring (bicyclic) bond motifs is 1. The number of rotatable bonds is 2. The summed E-state index contributed by atoms with van der Waals surface area (Å²) in [6.07, 6.45) is -4.37. The number of H-pyrrole nitrogens is 1. The van der Waals surface area contributed by atoms with Crippen molar-refractivity contribution >= 4 is 10.9 Å². The minimum absolute atomic E-state index is 0.0605. The van der Waals surface area contributed by atoms with Crippen LogP contribution in [0, 0.1) is 0 Å². The van der Waals surface area contributed by atoms with Crippen molar-refractivity contribution < 1.29 is 18.3 Å². The highest BCUT2D eigenvalue weighted by atomic mass is 19.4. The van der Waals surface area contributed by atoms with E-state index in [9.17, 15) is 18.3 Å². The highest BCUT2D eigenvalue weighted by molar-refractivity contribution is 5.81. The smallest absolute Gasteiger partial charge is 0.395 e. The van der Waals surface area contributed by atoms with E-state index in [0.717, 1.165) is 11.6 Å². The normalized spacial score (nSPS) is 13.2. The summed E-state index contributed by atoms with van der Waals surface area (Å²) in [4.78, 5) is 2.34. The summed E-state index contributed by atoms with van der Waals surface area (Å²) in [5, 5.41) is 9.77. The number of aromatic nitrogens is 1. The summed E-state index contributed by atoms with van der Waals surface area (Å²) in [5.74, 6) is 0. The zero-order valence-corrected chi connectivity index (χ0v) is 10.1. The lowest BCUT2D eigenvalue weighted by atomic mass is 9.85. The first-order valence-electron chi connectivity index (χ1n) is 5.55. The van der Waals surface area contributed by atoms with Gasteiger partial charge in [-0.25, -0.2) is 0 Å². The molecule has 1 aromatic heterocycles. The molecule has 1 aromatic carbocycles. The molecule has 0 saturated heterocycles. The van der Waals surface area contributed by atoms with Gasteiger partial charge in [-0.05, 0) is 23.8 Å². The highest BCUT2D eigenvalue weighted by Gasteiger charge is 2.32. The van der Waals surface area contributed by atoms with Gasteiger partial charge >= 0.3 is 6.18 Å². The Morgan fingerprint density at radius 2 is 1.83 bits per heavy atom. The van der Waals surface area contributed by atoms with Crippen LogP contribution in [0.1, 0.15) is 25.1 Å². The van der Waals surface area contributed by atoms with Crippen molar-refractivity contribution in [1.82, 2.24) is 4.98 Å². The Balaban J connectivity index is 2.53. The minimum atomic E-state index is -4.37. The molecule has 0 radical (unpaired) electrons. The first-order chi connectivity index (χ1) is 8.24. The molecule has 1 heterocycles. The van der Waals surface area contributed by atoms with Gasteiger partial charge in [0.05, 0.1) is 6.61 Å². The van der Waals surface area contributed by atoms with E-state index in [2.05, 4.69) is 4.98 Å². The van der Waals surface area contributed by atoms with Gasteiger partial charge in [-0.15, -0.1) is 0 Å². The fraction of sp³-hybridized carbons (Fsp3) is 0.385. The summed E-state index contributed by atoms with van der Waals surface area (Å²) < 4.78 is 37.7. The van der Waals surface area contributed by atoms with Gasteiger partial charge in [0.15, 0.2) is 0 Å². The topological polar surface area (TPSA) is 36.0 Å². The van der Waals surface area contributed by atoms with Crippen LogP contribution < -0.4 is 0 Å². The molecule has 0 fully saturated rings. The van der Waals surface area contributed by atoms with Gasteiger partial charge in [0, 0.05) is 16.3 Å². The number of benzene rings is 1. The van der Waals surface area contributed by atoms with E-state index in [1.165, 1.54) is 0 Å². The SMILES string of the molecule is CC(C)(CO)c1ccc2[nH]c(C(F)(F)F)cc2c1. The lowest BCUT2D eigenvalue weighted by Crippen LogP contribution is -2.21. The standard InChI is InChI=1S/C13H14F3NO/c1-12(2,7-18)9-3-4-10-8(5-9)6-11(17-10)13(14,15)16/h3-6,17-18H,7H2,1-2H3. The molecule has 0 amide bonds. The van der Waals surface area contributed by atoms with E-state index in [-0.39, 0.29) is 6.61 Å². The number of aromatic amines is 1. The van der Waals surface area contributed by atoms with Gasteiger partial charge < -0.3 is 10.1 Å². The summed E-state index contributed by atoms with van der Waals surface area (Å²) >= 11 is 0. The van der Waals surface area contributed by atoms with Crippen molar-refractivity contribution in [3.63, 3.8) is 0 Å². The average molecular weight is 257 g/mol. The highest BCUT2D eigenvalue weighted by Crippen LogP contribution is 2.33. The molecule has 2 aromatic rings. The van der Waals surface area contributed by atoms with Crippen molar-refractivity contribution in [2.45, 2.75) is 25.4 Å². The summed E-state index contributed by atoms with van der Waals surface area (Å²) in [7, 11) is 0. The lowest BCUT2D eigenvalue weighted by Gasteiger charge is -2.22. The van der Waals surface area contributed by atoms with Crippen LogP contribution >= 0.6 is 0 Å². The van der Waals surface area contributed by atoms with Gasteiger partial charge in [0.1, 0.15) is 5.69 Å². The summed E-state index contributed by atoms with van der Waals surface area (Å²) in [5.41, 5.74) is 0.0330. The predicted octanol–water partition coefficient (Wildman–Crippen LogP) is 3.46. The Kier molecular flexibility index (Phi) is 2.89. The van der Waals surface area contributed by atoms with Crippen LogP contribution in [0.5, 0.6) is 0 Å². The Morgan fingerprint density at radius 1 is 1.17 bits per heavy atom. The molecule has 0 atom stereocenters. The van der Waals surface area contributed by atoms with Crippen molar-refractivity contribution in [1.29, 1.82) is 0 Å². The fourth-order valence-electron chi connectivity index (χ4n) is 1.80. The number of hydrogen-bond donors (Lipinski definition) is 2. The first kappa shape index (κ1) is 13.0. The minimum Gasteiger partial charge on any atom is -0.395 e. The molecule has 0 aliphatic carbocycles. The molecule has 0 unspecified atom stereocenters. The maximum absolute atomic E-state index is 12.6. The predicted molar refractivity (Wildman–Crippen MR) is 63.4 cm³/mol. The molecule has 98 valence electrons. The maximum Gasteiger partial charge on any atom is 0.431 e. The molecular weight excluding hydrogens is 243 g/mol. The maximum atomic E-state index is 12.6. The number of nitrogens with one attached hydrogen (secondary N) is 1. The van der Waals surface area contributed by atoms with Crippen LogP contribution in [0.15, 0.2) is 24.3 Å². The summed E-state index contributed by atoms with van der Waals surface area (Å²) in [6, 6.07) is 6.11. The Morgan fingerprint density at radius 3 is 2.39 bits per heavy atom. The van der Waals surface area contributed by atoms with E-state index in [1.54, 1.807) is 18.2 Å². The van der Waals surface area contributed by atoms with Crippen molar-refractivity contribution in [3.8, 4) is 0 Å². The number of hydrogen-bond acceptors (Lipinski definition) is 1. The van der Waals surface area contributed by atoms with Gasteiger partial charge in [-0.1, -0.05) is 19.9 Å².